The van der Waals surface area contributed by atoms with E-state index in [-0.39, 0.29) is 39.8 Å². The molecule has 2 fully saturated rings. The number of amidine groups is 1. The second-order valence-electron chi connectivity index (χ2n) is 18.3. The van der Waals surface area contributed by atoms with Crippen molar-refractivity contribution in [3.63, 3.8) is 0 Å². The first-order valence-corrected chi connectivity index (χ1v) is 23.1. The van der Waals surface area contributed by atoms with Crippen molar-refractivity contribution in [3.8, 4) is 0 Å². The third-order valence-electron chi connectivity index (χ3n) is 13.5. The molecule has 59 heavy (non-hydrogen) atoms. The zero-order chi connectivity index (χ0) is 40.7. The minimum Gasteiger partial charge on any atom is -1.00 e. The van der Waals surface area contributed by atoms with Crippen LogP contribution in [-0.2, 0) is 20.4 Å². The van der Waals surface area contributed by atoms with Gasteiger partial charge in [0.1, 0.15) is 6.54 Å². The summed E-state index contributed by atoms with van der Waals surface area (Å²) in [5.74, 6) is -0.164. The average molecular weight is 884 g/mol. The average Bonchev–Trinajstić information content (AvgIpc) is 3.58. The standard InChI is InChI=1S/C51H68ClN4O2.BrH/c1-6-55-43-29-17-15-27-41(43)50(2,3)45(55)34-32-37-21-20-22-38(48(37)52)33-35-46-51(4,5)42-28-16-18-30-44(42)56(46)36-19-9-14-31-47(57)58-49(53-39-23-10-7-11-24-39)54-40-25-12-8-13-26-40;/h15-18,27-30,32-35,39-40H,6-14,19-26,31,36H2,1-5H3,(H,53,54);1H/q+1;/p-1. The van der Waals surface area contributed by atoms with Crippen LogP contribution in [-0.4, -0.2) is 47.5 Å². The van der Waals surface area contributed by atoms with Crippen LogP contribution in [0, 0.1) is 0 Å². The van der Waals surface area contributed by atoms with Crippen LogP contribution >= 0.6 is 11.6 Å². The Balaban J connectivity index is 0.00000585. The lowest BCUT2D eigenvalue weighted by molar-refractivity contribution is -0.438. The van der Waals surface area contributed by atoms with Crippen LogP contribution in [0.2, 0.25) is 0 Å². The predicted molar refractivity (Wildman–Crippen MR) is 243 cm³/mol. The number of hydrogen-bond donors (Lipinski definition) is 1. The Morgan fingerprint density at radius 2 is 1.54 bits per heavy atom. The fourth-order valence-electron chi connectivity index (χ4n) is 10.2. The van der Waals surface area contributed by atoms with Gasteiger partial charge in [0.2, 0.25) is 5.69 Å². The number of para-hydroxylation sites is 2. The number of esters is 1. The van der Waals surface area contributed by atoms with E-state index in [1.165, 1.54) is 83.6 Å². The number of aliphatic imine (C=N–C) groups is 1. The van der Waals surface area contributed by atoms with E-state index in [0.717, 1.165) is 82.3 Å². The molecule has 0 bridgehead atoms. The van der Waals surface area contributed by atoms with Crippen molar-refractivity contribution in [3.05, 3.63) is 106 Å². The molecule has 5 aliphatic rings. The molecule has 0 saturated heterocycles. The molecule has 0 unspecified atom stereocenters. The monoisotopic (exact) mass is 882 g/mol. The summed E-state index contributed by atoms with van der Waals surface area (Å²) >= 11 is 7.26. The molecule has 0 amide bonds. The largest absolute Gasteiger partial charge is 1.00 e. The van der Waals surface area contributed by atoms with Crippen LogP contribution in [0.25, 0.3) is 0 Å². The number of rotatable bonds is 12. The van der Waals surface area contributed by atoms with Gasteiger partial charge in [-0.25, -0.2) is 4.99 Å². The molecule has 3 aliphatic carbocycles. The highest BCUT2D eigenvalue weighted by Crippen LogP contribution is 2.48. The Morgan fingerprint density at radius 1 is 0.847 bits per heavy atom. The number of unbranched alkanes of at least 4 members (excludes halogenated alkanes) is 2. The van der Waals surface area contributed by atoms with Crippen LogP contribution in [0.1, 0.15) is 155 Å². The van der Waals surface area contributed by atoms with Gasteiger partial charge in [-0.15, -0.1) is 0 Å². The first kappa shape index (κ1) is 45.1. The highest BCUT2D eigenvalue weighted by atomic mass is 79.9. The van der Waals surface area contributed by atoms with Gasteiger partial charge in [-0.2, -0.15) is 4.58 Å². The molecule has 2 aromatic rings. The first-order chi connectivity index (χ1) is 28.1. The molecule has 0 atom stereocenters. The molecule has 2 aromatic carbocycles. The zero-order valence-corrected chi connectivity index (χ0v) is 38.8. The van der Waals surface area contributed by atoms with E-state index < -0.39 is 0 Å². The SMILES string of the molecule is CCN1/C(=C\C=C2/CCCC(/C=C/C3=[N+](CCCCCC(=O)OC(=NC4CCCCC4)NC4CCCCC4)c4ccccc4C3(C)C)=C2Cl)C(C)(C)c2ccccc21.[Br-]. The summed E-state index contributed by atoms with van der Waals surface area (Å²) in [7, 11) is 0. The lowest BCUT2D eigenvalue weighted by atomic mass is 9.81. The normalized spacial score (nSPS) is 22.3. The second-order valence-corrected chi connectivity index (χ2v) is 18.7. The van der Waals surface area contributed by atoms with Crippen LogP contribution in [0.15, 0.2) is 99.7 Å². The van der Waals surface area contributed by atoms with Gasteiger partial charge in [0.15, 0.2) is 5.71 Å². The summed E-state index contributed by atoms with van der Waals surface area (Å²) in [5.41, 5.74) is 10.2. The zero-order valence-electron chi connectivity index (χ0n) is 36.4. The lowest BCUT2D eigenvalue weighted by Gasteiger charge is -2.26. The van der Waals surface area contributed by atoms with E-state index in [1.54, 1.807) is 0 Å². The van der Waals surface area contributed by atoms with Crippen molar-refractivity contribution < 1.29 is 31.1 Å². The van der Waals surface area contributed by atoms with Crippen LogP contribution in [0.3, 0.4) is 0 Å². The van der Waals surface area contributed by atoms with Crippen LogP contribution < -0.4 is 27.2 Å². The van der Waals surface area contributed by atoms with E-state index in [0.29, 0.717) is 18.5 Å². The van der Waals surface area contributed by atoms with Gasteiger partial charge in [0, 0.05) is 65.0 Å². The molecule has 318 valence electrons. The van der Waals surface area contributed by atoms with Gasteiger partial charge in [0.25, 0.3) is 6.02 Å². The Bertz CT molecular complexity index is 1990. The number of nitrogens with zero attached hydrogens (tertiary/aromatic N) is 3. The number of nitrogens with one attached hydrogen (secondary N) is 1. The van der Waals surface area contributed by atoms with E-state index in [2.05, 4.69) is 122 Å². The molecule has 7 rings (SSSR count). The van der Waals surface area contributed by atoms with E-state index in [4.69, 9.17) is 21.3 Å². The van der Waals surface area contributed by atoms with Crippen molar-refractivity contribution in [2.75, 3.05) is 18.0 Å². The summed E-state index contributed by atoms with van der Waals surface area (Å²) in [5, 5.41) is 4.43. The molecule has 0 radical (unpaired) electrons. The maximum Gasteiger partial charge on any atom is 0.313 e. The number of allylic oxidation sites excluding steroid dienone is 8. The summed E-state index contributed by atoms with van der Waals surface area (Å²) in [6, 6.07) is 18.7. The number of carbonyl (C=O) groups excluding carboxylic acids is 1. The number of benzene rings is 2. The van der Waals surface area contributed by atoms with E-state index >= 15 is 0 Å². The maximum absolute atomic E-state index is 13.2. The summed E-state index contributed by atoms with van der Waals surface area (Å²) in [6.07, 6.45) is 27.3. The fraction of sp³-hybridized carbons (Fsp3) is 0.549. The van der Waals surface area contributed by atoms with E-state index in [9.17, 15) is 4.79 Å². The van der Waals surface area contributed by atoms with Gasteiger partial charge in [-0.3, -0.25) is 4.79 Å². The maximum atomic E-state index is 13.2. The molecule has 8 heteroatoms. The molecule has 2 saturated carbocycles. The van der Waals surface area contributed by atoms with Crippen molar-refractivity contribution in [2.45, 2.75) is 167 Å². The van der Waals surface area contributed by atoms with Crippen molar-refractivity contribution in [2.24, 2.45) is 4.99 Å². The molecular formula is C51H68BrClN4O2. The highest BCUT2D eigenvalue weighted by molar-refractivity contribution is 6.32. The second kappa shape index (κ2) is 20.4. The summed E-state index contributed by atoms with van der Waals surface area (Å²) < 4.78 is 8.46. The Hall–Kier alpha value is -3.42. The number of fused-ring (bicyclic) bond motifs is 2. The molecular weight excluding hydrogens is 816 g/mol. The number of anilines is 1. The fourth-order valence-corrected chi connectivity index (χ4v) is 10.5. The third kappa shape index (κ3) is 10.4. The van der Waals surface area contributed by atoms with Crippen LogP contribution in [0.5, 0.6) is 0 Å². The van der Waals surface area contributed by atoms with Gasteiger partial charge < -0.3 is 31.9 Å². The minimum atomic E-state index is -0.164. The van der Waals surface area contributed by atoms with E-state index in [1.807, 2.05) is 0 Å². The van der Waals surface area contributed by atoms with Gasteiger partial charge in [0.05, 0.1) is 11.5 Å². The highest BCUT2D eigenvalue weighted by Gasteiger charge is 2.44. The number of carbonyl (C=O) groups is 1. The van der Waals surface area contributed by atoms with Gasteiger partial charge >= 0.3 is 5.97 Å². The Morgan fingerprint density at radius 3 is 2.29 bits per heavy atom. The molecule has 1 N–H and O–H groups in total. The van der Waals surface area contributed by atoms with Crippen LogP contribution in [0.4, 0.5) is 11.4 Å². The summed E-state index contributed by atoms with van der Waals surface area (Å²) in [4.78, 5) is 20.6. The third-order valence-corrected chi connectivity index (χ3v) is 14.0. The quantitative estimate of drug-likeness (QED) is 0.0759. The number of hydrogen-bond acceptors (Lipinski definition) is 4. The predicted octanol–water partition coefficient (Wildman–Crippen LogP) is 9.64. The molecule has 2 heterocycles. The molecule has 0 aromatic heterocycles. The topological polar surface area (TPSA) is 56.9 Å². The Labute approximate surface area is 370 Å². The lowest BCUT2D eigenvalue weighted by Crippen LogP contribution is -3.00. The Kier molecular flexibility index (Phi) is 15.6. The van der Waals surface area contributed by atoms with Gasteiger partial charge in [-0.1, -0.05) is 113 Å². The summed E-state index contributed by atoms with van der Waals surface area (Å²) in [6.45, 7) is 13.4. The number of likely N-dealkylation sites (N-methyl/N-ethyl adjacent to an activating group) is 1. The minimum absolute atomic E-state index is 0. The number of ether oxygens (including phenoxy) is 1. The molecule has 6 nitrogen and oxygen atoms in total. The molecule has 0 spiro atoms. The van der Waals surface area contributed by atoms with Crippen molar-refractivity contribution >= 4 is 40.7 Å². The van der Waals surface area contributed by atoms with Gasteiger partial charge in [-0.05, 0) is 107 Å². The first-order valence-electron chi connectivity index (χ1n) is 22.7. The molecule has 2 aliphatic heterocycles. The van der Waals surface area contributed by atoms with Crippen molar-refractivity contribution in [1.29, 1.82) is 0 Å². The smallest absolute Gasteiger partial charge is 0.313 e. The van der Waals surface area contributed by atoms with Crippen molar-refractivity contribution in [1.82, 2.24) is 5.32 Å². The number of halogens is 2.